The average molecular weight is 391 g/mol. The summed E-state index contributed by atoms with van der Waals surface area (Å²) in [6.45, 7) is 4.30. The second-order valence-electron chi connectivity index (χ2n) is 6.40. The van der Waals surface area contributed by atoms with Crippen molar-refractivity contribution < 1.29 is 17.9 Å². The maximum absolute atomic E-state index is 12.2. The van der Waals surface area contributed by atoms with Gasteiger partial charge in [0.25, 0.3) is 10.0 Å². The van der Waals surface area contributed by atoms with Crippen LogP contribution in [0.1, 0.15) is 52.4 Å². The van der Waals surface area contributed by atoms with Crippen LogP contribution in [0.5, 0.6) is 0 Å². The minimum absolute atomic E-state index is 0.153. The number of sulfonamides is 1. The molecule has 8 nitrogen and oxygen atoms in total. The molecule has 0 bridgehead atoms. The van der Waals surface area contributed by atoms with E-state index >= 15 is 0 Å². The molecule has 1 aliphatic carbocycles. The summed E-state index contributed by atoms with van der Waals surface area (Å²) in [6, 6.07) is 0. The van der Waals surface area contributed by atoms with E-state index < -0.39 is 10.0 Å². The normalized spacial score (nSPS) is 16.3. The predicted octanol–water partition coefficient (Wildman–Crippen LogP) is 2.15. The lowest BCUT2D eigenvalue weighted by atomic mass is 9.98. The van der Waals surface area contributed by atoms with Gasteiger partial charge in [0.1, 0.15) is 0 Å². The highest BCUT2D eigenvalue weighted by Crippen LogP contribution is 2.21. The zero-order valence-electron chi connectivity index (χ0n) is 14.7. The van der Waals surface area contributed by atoms with Crippen molar-refractivity contribution in [3.05, 3.63) is 0 Å². The van der Waals surface area contributed by atoms with E-state index in [0.717, 1.165) is 24.2 Å². The van der Waals surface area contributed by atoms with Gasteiger partial charge < -0.3 is 10.1 Å². The van der Waals surface area contributed by atoms with Crippen LogP contribution in [0.3, 0.4) is 0 Å². The Morgan fingerprint density at radius 2 is 2.00 bits per heavy atom. The van der Waals surface area contributed by atoms with E-state index in [2.05, 4.69) is 20.2 Å². The summed E-state index contributed by atoms with van der Waals surface area (Å²) in [7, 11) is -3.71. The van der Waals surface area contributed by atoms with Gasteiger partial charge in [-0.3, -0.25) is 4.79 Å². The van der Waals surface area contributed by atoms with Crippen LogP contribution >= 0.6 is 11.3 Å². The third-order valence-electron chi connectivity index (χ3n) is 3.91. The summed E-state index contributed by atoms with van der Waals surface area (Å²) in [6.07, 6.45) is 6.82. The van der Waals surface area contributed by atoms with Gasteiger partial charge in [-0.25, -0.2) is 13.1 Å². The summed E-state index contributed by atoms with van der Waals surface area (Å²) in [5.41, 5.74) is 0. The van der Waals surface area contributed by atoms with Crippen LogP contribution in [0.25, 0.3) is 0 Å². The molecule has 0 atom stereocenters. The lowest BCUT2D eigenvalue weighted by Crippen LogP contribution is -2.26. The van der Waals surface area contributed by atoms with E-state index in [-0.39, 0.29) is 27.8 Å². The first kappa shape index (κ1) is 20.2. The Hall–Kier alpha value is -1.10. The molecule has 0 radical (unpaired) electrons. The number of ether oxygens (including phenoxy) is 1. The quantitative estimate of drug-likeness (QED) is 0.494. The van der Waals surface area contributed by atoms with Gasteiger partial charge in [0.2, 0.25) is 15.4 Å². The molecule has 1 aromatic heterocycles. The van der Waals surface area contributed by atoms with Crippen LogP contribution in [-0.2, 0) is 19.6 Å². The van der Waals surface area contributed by atoms with Gasteiger partial charge in [-0.05, 0) is 19.3 Å². The average Bonchev–Trinajstić information content (AvgIpc) is 3.05. The number of nitrogens with one attached hydrogen (secondary N) is 2. The molecule has 1 saturated carbocycles. The van der Waals surface area contributed by atoms with E-state index in [1.807, 2.05) is 0 Å². The number of hydrogen-bond donors (Lipinski definition) is 2. The first-order valence-corrected chi connectivity index (χ1v) is 10.9. The highest BCUT2D eigenvalue weighted by molar-refractivity contribution is 7.91. The molecule has 2 N–H and O–H groups in total. The first-order chi connectivity index (χ1) is 11.9. The molecule has 1 fully saturated rings. The van der Waals surface area contributed by atoms with Crippen LogP contribution in [-0.4, -0.2) is 43.8 Å². The number of carbonyl (C=O) groups excluding carboxylic acids is 1. The Morgan fingerprint density at radius 1 is 1.28 bits per heavy atom. The zero-order valence-corrected chi connectivity index (χ0v) is 16.3. The summed E-state index contributed by atoms with van der Waals surface area (Å²) in [4.78, 5) is 11.6. The molecular weight excluding hydrogens is 364 g/mol. The van der Waals surface area contributed by atoms with Crippen molar-refractivity contribution in [1.29, 1.82) is 0 Å². The van der Waals surface area contributed by atoms with Gasteiger partial charge in [0.15, 0.2) is 0 Å². The topological polar surface area (TPSA) is 110 Å². The number of rotatable bonds is 9. The second kappa shape index (κ2) is 9.56. The van der Waals surface area contributed by atoms with Gasteiger partial charge in [0, 0.05) is 19.1 Å². The number of aromatic nitrogens is 2. The third-order valence-corrected chi connectivity index (χ3v) is 6.58. The third kappa shape index (κ3) is 6.61. The number of nitrogens with zero attached hydrogens (tertiary/aromatic N) is 2. The molecule has 0 aliphatic heterocycles. The van der Waals surface area contributed by atoms with Gasteiger partial charge in [-0.2, -0.15) is 0 Å². The summed E-state index contributed by atoms with van der Waals surface area (Å²) in [5.74, 6) is -0.445. The monoisotopic (exact) mass is 390 g/mol. The summed E-state index contributed by atoms with van der Waals surface area (Å²) < 4.78 is 32.4. The summed E-state index contributed by atoms with van der Waals surface area (Å²) >= 11 is 0.836. The standard InChI is InChI=1S/C15H26N4O4S2/c1-11(2)13(20)17-14-18-19-15(24-14)25(21,22)16-9-6-10-23-12-7-4-3-5-8-12/h11-12,16H,3-10H2,1-2H3,(H,17,18,20). The highest BCUT2D eigenvalue weighted by Gasteiger charge is 2.21. The van der Waals surface area contributed by atoms with Gasteiger partial charge in [-0.15, -0.1) is 10.2 Å². The minimum Gasteiger partial charge on any atom is -0.378 e. The molecule has 25 heavy (non-hydrogen) atoms. The molecule has 142 valence electrons. The Balaban J connectivity index is 1.73. The van der Waals surface area contributed by atoms with Crippen molar-refractivity contribution in [1.82, 2.24) is 14.9 Å². The first-order valence-electron chi connectivity index (χ1n) is 8.64. The Labute approximate surface area is 152 Å². The molecule has 1 amide bonds. The molecule has 0 unspecified atom stereocenters. The van der Waals surface area contributed by atoms with E-state index in [1.165, 1.54) is 19.3 Å². The van der Waals surface area contributed by atoms with Crippen LogP contribution < -0.4 is 10.0 Å². The van der Waals surface area contributed by atoms with E-state index in [0.29, 0.717) is 19.1 Å². The summed E-state index contributed by atoms with van der Waals surface area (Å²) in [5, 5.41) is 10.1. The molecule has 1 aliphatic rings. The zero-order chi connectivity index (χ0) is 18.3. The van der Waals surface area contributed by atoms with Gasteiger partial charge in [0.05, 0.1) is 6.10 Å². The van der Waals surface area contributed by atoms with Crippen LogP contribution in [0.4, 0.5) is 5.13 Å². The van der Waals surface area contributed by atoms with Crippen LogP contribution in [0, 0.1) is 5.92 Å². The molecule has 0 spiro atoms. The Kier molecular flexibility index (Phi) is 7.73. The van der Waals surface area contributed by atoms with E-state index in [4.69, 9.17) is 4.74 Å². The van der Waals surface area contributed by atoms with E-state index in [1.54, 1.807) is 13.8 Å². The van der Waals surface area contributed by atoms with Crippen molar-refractivity contribution in [2.75, 3.05) is 18.5 Å². The predicted molar refractivity (Wildman–Crippen MR) is 96.0 cm³/mol. The number of carbonyl (C=O) groups is 1. The molecule has 1 aromatic rings. The van der Waals surface area contributed by atoms with Crippen molar-refractivity contribution in [2.24, 2.45) is 5.92 Å². The second-order valence-corrected chi connectivity index (χ2v) is 9.32. The molecule has 10 heteroatoms. The molecule has 1 heterocycles. The molecule has 0 saturated heterocycles. The molecule has 0 aromatic carbocycles. The minimum atomic E-state index is -3.71. The van der Waals surface area contributed by atoms with Crippen molar-refractivity contribution in [2.45, 2.75) is 62.8 Å². The SMILES string of the molecule is CC(C)C(=O)Nc1nnc(S(=O)(=O)NCCCOC2CCCCC2)s1. The Morgan fingerprint density at radius 3 is 2.68 bits per heavy atom. The van der Waals surface area contributed by atoms with Crippen LogP contribution in [0.2, 0.25) is 0 Å². The van der Waals surface area contributed by atoms with Gasteiger partial charge in [-0.1, -0.05) is 44.4 Å². The maximum atomic E-state index is 12.2. The fourth-order valence-corrected chi connectivity index (χ4v) is 4.46. The lowest BCUT2D eigenvalue weighted by Gasteiger charge is -2.21. The fraction of sp³-hybridized carbons (Fsp3) is 0.800. The van der Waals surface area contributed by atoms with Crippen molar-refractivity contribution in [3.63, 3.8) is 0 Å². The maximum Gasteiger partial charge on any atom is 0.269 e. The molecule has 2 rings (SSSR count). The smallest absolute Gasteiger partial charge is 0.269 e. The number of anilines is 1. The van der Waals surface area contributed by atoms with Crippen molar-refractivity contribution in [3.8, 4) is 0 Å². The Bertz CT molecular complexity index is 654. The fourth-order valence-electron chi connectivity index (χ4n) is 2.44. The largest absolute Gasteiger partial charge is 0.378 e. The number of hydrogen-bond acceptors (Lipinski definition) is 7. The van der Waals surface area contributed by atoms with Crippen molar-refractivity contribution >= 4 is 32.4 Å². The van der Waals surface area contributed by atoms with E-state index in [9.17, 15) is 13.2 Å². The lowest BCUT2D eigenvalue weighted by molar-refractivity contribution is -0.118. The number of amides is 1. The highest BCUT2D eigenvalue weighted by atomic mass is 32.2. The van der Waals surface area contributed by atoms with Gasteiger partial charge >= 0.3 is 0 Å². The van der Waals surface area contributed by atoms with Crippen LogP contribution in [0.15, 0.2) is 4.34 Å². The molecular formula is C15H26N4O4S2.